The summed E-state index contributed by atoms with van der Waals surface area (Å²) in [5, 5.41) is 8.77. The van der Waals surface area contributed by atoms with E-state index in [1.54, 1.807) is 6.92 Å². The van der Waals surface area contributed by atoms with Crippen molar-refractivity contribution >= 4 is 0 Å². The zero-order valence-electron chi connectivity index (χ0n) is 16.5. The lowest BCUT2D eigenvalue weighted by molar-refractivity contribution is -0.400. The summed E-state index contributed by atoms with van der Waals surface area (Å²) in [6.07, 6.45) is -9.84. The molecule has 5 nitrogen and oxygen atoms in total. The average Bonchev–Trinajstić information content (AvgIpc) is 2.69. The van der Waals surface area contributed by atoms with Gasteiger partial charge in [-0.3, -0.25) is 0 Å². The van der Waals surface area contributed by atoms with Crippen LogP contribution < -0.4 is 4.74 Å². The lowest BCUT2D eigenvalue weighted by atomic mass is 9.89. The van der Waals surface area contributed by atoms with Crippen molar-refractivity contribution in [2.24, 2.45) is 0 Å². The summed E-state index contributed by atoms with van der Waals surface area (Å²) in [4.78, 5) is 3.81. The zero-order valence-corrected chi connectivity index (χ0v) is 16.5. The van der Waals surface area contributed by atoms with Gasteiger partial charge in [0.2, 0.25) is 0 Å². The molecule has 11 heteroatoms. The molecule has 0 aliphatic rings. The van der Waals surface area contributed by atoms with E-state index in [-0.39, 0.29) is 29.2 Å². The fraction of sp³-hybridized carbons (Fsp3) is 0.400. The maximum Gasteiger partial charge on any atom is 0.430 e. The van der Waals surface area contributed by atoms with Gasteiger partial charge < -0.3 is 14.2 Å². The third-order valence-electron chi connectivity index (χ3n) is 4.26. The molecule has 0 unspecified atom stereocenters. The molecule has 0 saturated heterocycles. The third kappa shape index (κ3) is 5.08. The Kier molecular flexibility index (Phi) is 7.51. The van der Waals surface area contributed by atoms with E-state index in [4.69, 9.17) is 10.00 Å². The van der Waals surface area contributed by atoms with Crippen LogP contribution >= 0.6 is 0 Å². The number of hydrogen-bond donors (Lipinski definition) is 0. The summed E-state index contributed by atoms with van der Waals surface area (Å²) in [6.45, 7) is 0.485. The molecule has 0 aliphatic carbocycles. The molecule has 2 aromatic rings. The summed E-state index contributed by atoms with van der Waals surface area (Å²) in [5.41, 5.74) is -5.49. The first-order valence-electron chi connectivity index (χ1n) is 8.94. The molecule has 1 aromatic carbocycles. The Morgan fingerprint density at radius 1 is 1.03 bits per heavy atom. The van der Waals surface area contributed by atoms with Gasteiger partial charge in [-0.05, 0) is 36.2 Å². The normalized spacial score (nSPS) is 12.5. The summed E-state index contributed by atoms with van der Waals surface area (Å²) >= 11 is 0. The first kappa shape index (κ1) is 24.4. The quantitative estimate of drug-likeness (QED) is 0.386. The summed E-state index contributed by atoms with van der Waals surface area (Å²) < 4.78 is 96.7. The molecule has 1 heterocycles. The molecule has 0 aliphatic heterocycles. The molecule has 0 spiro atoms. The second kappa shape index (κ2) is 9.53. The standard InChI is InChI=1S/C20H18F6N2O3/c1-3-4-13-9-14(18(19(21,22)23,20(24,25)26)30-12-29-2)5-8-17(13)31-16-7-6-15(10-27)28-11-16/h5-9,11H,3-4,12H2,1-2H3. The van der Waals surface area contributed by atoms with Crippen molar-refractivity contribution in [2.45, 2.75) is 37.7 Å². The van der Waals surface area contributed by atoms with Crippen molar-refractivity contribution < 1.29 is 40.6 Å². The molecule has 0 fully saturated rings. The Labute approximate surface area is 174 Å². The lowest BCUT2D eigenvalue weighted by Crippen LogP contribution is -2.56. The van der Waals surface area contributed by atoms with E-state index < -0.39 is 30.3 Å². The van der Waals surface area contributed by atoms with Crippen LogP contribution in [0.2, 0.25) is 0 Å². The first-order chi connectivity index (χ1) is 14.5. The van der Waals surface area contributed by atoms with Crippen molar-refractivity contribution in [1.29, 1.82) is 5.26 Å². The smallest absolute Gasteiger partial charge is 0.430 e. The Morgan fingerprint density at radius 3 is 2.19 bits per heavy atom. The Hall–Kier alpha value is -2.84. The first-order valence-corrected chi connectivity index (χ1v) is 8.94. The highest BCUT2D eigenvalue weighted by Gasteiger charge is 2.73. The maximum absolute atomic E-state index is 13.8. The zero-order chi connectivity index (χ0) is 23.3. The Bertz CT molecular complexity index is 906. The number of halogens is 6. The number of rotatable bonds is 8. The highest BCUT2D eigenvalue weighted by molar-refractivity contribution is 5.43. The number of nitrogens with zero attached hydrogens (tertiary/aromatic N) is 2. The number of alkyl halides is 6. The van der Waals surface area contributed by atoms with Gasteiger partial charge in [0.15, 0.2) is 0 Å². The van der Waals surface area contributed by atoms with Gasteiger partial charge in [-0.2, -0.15) is 31.6 Å². The number of nitriles is 1. The number of ether oxygens (including phenoxy) is 3. The molecule has 0 saturated carbocycles. The van der Waals surface area contributed by atoms with Gasteiger partial charge in [-0.1, -0.05) is 19.4 Å². The van der Waals surface area contributed by atoms with Crippen LogP contribution in [0.3, 0.4) is 0 Å². The Morgan fingerprint density at radius 2 is 1.71 bits per heavy atom. The third-order valence-corrected chi connectivity index (χ3v) is 4.26. The second-order valence-electron chi connectivity index (χ2n) is 6.39. The van der Waals surface area contributed by atoms with Gasteiger partial charge in [0.1, 0.15) is 30.1 Å². The molecule has 0 radical (unpaired) electrons. The van der Waals surface area contributed by atoms with Crippen LogP contribution in [0.1, 0.15) is 30.2 Å². The van der Waals surface area contributed by atoms with E-state index in [2.05, 4.69) is 14.5 Å². The van der Waals surface area contributed by atoms with Crippen molar-refractivity contribution in [1.82, 2.24) is 4.98 Å². The molecular weight excluding hydrogens is 430 g/mol. The topological polar surface area (TPSA) is 64.4 Å². The van der Waals surface area contributed by atoms with Gasteiger partial charge in [0, 0.05) is 12.7 Å². The number of aryl methyl sites for hydroxylation is 1. The van der Waals surface area contributed by atoms with Gasteiger partial charge in [0.05, 0.1) is 6.20 Å². The van der Waals surface area contributed by atoms with Crippen molar-refractivity contribution in [3.63, 3.8) is 0 Å². The van der Waals surface area contributed by atoms with Crippen LogP contribution in [-0.2, 0) is 21.5 Å². The van der Waals surface area contributed by atoms with Crippen molar-refractivity contribution in [3.8, 4) is 17.6 Å². The van der Waals surface area contributed by atoms with Crippen molar-refractivity contribution in [3.05, 3.63) is 53.3 Å². The molecule has 31 heavy (non-hydrogen) atoms. The van der Waals surface area contributed by atoms with E-state index in [9.17, 15) is 26.3 Å². The fourth-order valence-corrected chi connectivity index (χ4v) is 2.88. The minimum Gasteiger partial charge on any atom is -0.455 e. The summed E-state index contributed by atoms with van der Waals surface area (Å²) in [7, 11) is 0.919. The minimum absolute atomic E-state index is 0.0575. The molecule has 2 rings (SSSR count). The van der Waals surface area contributed by atoms with E-state index >= 15 is 0 Å². The average molecular weight is 448 g/mol. The van der Waals surface area contributed by atoms with Gasteiger partial charge in [0.25, 0.3) is 5.60 Å². The van der Waals surface area contributed by atoms with Crippen molar-refractivity contribution in [2.75, 3.05) is 13.9 Å². The second-order valence-corrected chi connectivity index (χ2v) is 6.39. The monoisotopic (exact) mass is 448 g/mol. The number of methoxy groups -OCH3 is 1. The molecule has 0 bridgehead atoms. The highest BCUT2D eigenvalue weighted by atomic mass is 19.4. The van der Waals surface area contributed by atoms with E-state index in [1.165, 1.54) is 18.3 Å². The fourth-order valence-electron chi connectivity index (χ4n) is 2.88. The number of hydrogen-bond acceptors (Lipinski definition) is 5. The summed E-state index contributed by atoms with van der Waals surface area (Å²) in [5.74, 6) is 0.222. The number of pyridine rings is 1. The van der Waals surface area contributed by atoms with Crippen LogP contribution in [0.15, 0.2) is 36.5 Å². The predicted octanol–water partition coefficient (Wildman–Crippen LogP) is 5.64. The SMILES string of the molecule is CCCc1cc(C(OCOC)(C(F)(F)F)C(F)(F)F)ccc1Oc1ccc(C#N)nc1. The largest absolute Gasteiger partial charge is 0.455 e. The molecule has 0 N–H and O–H groups in total. The van der Waals surface area contributed by atoms with Crippen LogP contribution in [0.5, 0.6) is 11.5 Å². The minimum atomic E-state index is -5.81. The molecule has 1 aromatic heterocycles. The van der Waals surface area contributed by atoms with Gasteiger partial charge >= 0.3 is 12.4 Å². The maximum atomic E-state index is 13.8. The van der Waals surface area contributed by atoms with Crippen LogP contribution in [0, 0.1) is 11.3 Å². The van der Waals surface area contributed by atoms with Crippen LogP contribution in [0.25, 0.3) is 0 Å². The molecule has 0 amide bonds. The van der Waals surface area contributed by atoms with Crippen LogP contribution in [-0.4, -0.2) is 31.2 Å². The van der Waals surface area contributed by atoms with Gasteiger partial charge in [-0.25, -0.2) is 4.98 Å². The highest BCUT2D eigenvalue weighted by Crippen LogP contribution is 2.53. The summed E-state index contributed by atoms with van der Waals surface area (Å²) in [6, 6.07) is 7.03. The number of benzene rings is 1. The Balaban J connectivity index is 2.58. The van der Waals surface area contributed by atoms with E-state index in [0.29, 0.717) is 12.5 Å². The van der Waals surface area contributed by atoms with E-state index in [0.717, 1.165) is 19.2 Å². The van der Waals surface area contributed by atoms with E-state index in [1.807, 2.05) is 6.07 Å². The molecular formula is C20H18F6N2O3. The lowest BCUT2D eigenvalue weighted by Gasteiger charge is -2.37. The van der Waals surface area contributed by atoms with Crippen LogP contribution in [0.4, 0.5) is 26.3 Å². The predicted molar refractivity (Wildman–Crippen MR) is 96.2 cm³/mol. The number of aromatic nitrogens is 1. The molecule has 168 valence electrons. The van der Waals surface area contributed by atoms with Gasteiger partial charge in [-0.15, -0.1) is 0 Å². The molecule has 0 atom stereocenters.